The zero-order valence-electron chi connectivity index (χ0n) is 7.62. The largest absolute Gasteiger partial charge is 0.481 e. The summed E-state index contributed by atoms with van der Waals surface area (Å²) >= 11 is 0. The lowest BCUT2D eigenvalue weighted by Crippen LogP contribution is -2.31. The molecular formula is C8H15NO4. The van der Waals surface area contributed by atoms with Crippen LogP contribution in [0.1, 0.15) is 13.3 Å². The van der Waals surface area contributed by atoms with Crippen LogP contribution in [0.2, 0.25) is 0 Å². The Balaban J connectivity index is 3.81. The van der Waals surface area contributed by atoms with Gasteiger partial charge in [-0.3, -0.25) is 4.79 Å². The molecule has 1 unspecified atom stereocenters. The lowest BCUT2D eigenvalue weighted by Gasteiger charge is -2.10. The highest BCUT2D eigenvalue weighted by Crippen LogP contribution is 2.02. The molecule has 0 saturated heterocycles. The lowest BCUT2D eigenvalue weighted by atomic mass is 10.0. The molecule has 3 N–H and O–H groups in total. The van der Waals surface area contributed by atoms with E-state index in [1.54, 1.807) is 0 Å². The van der Waals surface area contributed by atoms with Crippen molar-refractivity contribution >= 4 is 11.8 Å². The fourth-order valence-electron chi connectivity index (χ4n) is 0.949. The summed E-state index contributed by atoms with van der Waals surface area (Å²) in [6, 6.07) is 0. The maximum atomic E-state index is 10.7. The van der Waals surface area contributed by atoms with E-state index in [9.17, 15) is 9.59 Å². The van der Waals surface area contributed by atoms with Crippen LogP contribution in [0.25, 0.3) is 0 Å². The molecule has 13 heavy (non-hydrogen) atoms. The van der Waals surface area contributed by atoms with Gasteiger partial charge in [-0.1, -0.05) is 0 Å². The Bertz CT molecular complexity index is 181. The van der Waals surface area contributed by atoms with Gasteiger partial charge in [0.1, 0.15) is 5.78 Å². The molecule has 0 aliphatic heterocycles. The van der Waals surface area contributed by atoms with Crippen LogP contribution >= 0.6 is 0 Å². The number of hydrogen-bond acceptors (Lipinski definition) is 4. The highest BCUT2D eigenvalue weighted by atomic mass is 16.4. The second kappa shape index (κ2) is 6.56. The number of aliphatic hydroxyl groups is 1. The van der Waals surface area contributed by atoms with E-state index in [1.165, 1.54) is 6.92 Å². The molecule has 0 aromatic heterocycles. The number of carboxylic acid groups (broad SMARTS) is 1. The molecule has 0 saturated carbocycles. The highest BCUT2D eigenvalue weighted by Gasteiger charge is 2.18. The van der Waals surface area contributed by atoms with Gasteiger partial charge in [0.25, 0.3) is 0 Å². The molecule has 0 amide bonds. The summed E-state index contributed by atoms with van der Waals surface area (Å²) in [6.07, 6.45) is 0.0355. The van der Waals surface area contributed by atoms with Crippen LogP contribution in [0.15, 0.2) is 0 Å². The van der Waals surface area contributed by atoms with Crippen LogP contribution in [0, 0.1) is 5.92 Å². The van der Waals surface area contributed by atoms with E-state index in [4.69, 9.17) is 10.2 Å². The van der Waals surface area contributed by atoms with Crippen LogP contribution in [0.3, 0.4) is 0 Å². The number of carbonyl (C=O) groups is 2. The smallest absolute Gasteiger partial charge is 0.308 e. The average Bonchev–Trinajstić information content (AvgIpc) is 2.02. The summed E-state index contributed by atoms with van der Waals surface area (Å²) in [5.41, 5.74) is 0. The van der Waals surface area contributed by atoms with E-state index in [1.807, 2.05) is 0 Å². The Kier molecular flexibility index (Phi) is 6.09. The lowest BCUT2D eigenvalue weighted by molar-refractivity contribution is -0.143. The molecular weight excluding hydrogens is 174 g/mol. The van der Waals surface area contributed by atoms with Gasteiger partial charge < -0.3 is 20.3 Å². The first kappa shape index (κ1) is 12.1. The van der Waals surface area contributed by atoms with Crippen LogP contribution < -0.4 is 5.32 Å². The predicted molar refractivity (Wildman–Crippen MR) is 46.4 cm³/mol. The first-order valence-corrected chi connectivity index (χ1v) is 4.11. The third kappa shape index (κ3) is 6.24. The molecule has 5 nitrogen and oxygen atoms in total. The van der Waals surface area contributed by atoms with E-state index >= 15 is 0 Å². The summed E-state index contributed by atoms with van der Waals surface area (Å²) in [5, 5.41) is 19.8. The maximum absolute atomic E-state index is 10.7. The minimum atomic E-state index is -0.986. The third-order valence-corrected chi connectivity index (χ3v) is 1.56. The first-order chi connectivity index (χ1) is 6.07. The molecule has 0 aromatic carbocycles. The first-order valence-electron chi connectivity index (χ1n) is 4.11. The summed E-state index contributed by atoms with van der Waals surface area (Å²) in [5.74, 6) is -1.82. The Morgan fingerprint density at radius 3 is 2.46 bits per heavy atom. The van der Waals surface area contributed by atoms with Crippen LogP contribution in [0.4, 0.5) is 0 Å². The number of aliphatic hydroxyl groups excluding tert-OH is 1. The van der Waals surface area contributed by atoms with Crippen LogP contribution in [-0.4, -0.2) is 41.7 Å². The number of nitrogens with one attached hydrogen (secondary N) is 1. The van der Waals surface area contributed by atoms with Crippen LogP contribution in [-0.2, 0) is 9.59 Å². The van der Waals surface area contributed by atoms with Crippen molar-refractivity contribution in [2.75, 3.05) is 19.7 Å². The normalized spacial score (nSPS) is 12.5. The van der Waals surface area contributed by atoms with Crippen molar-refractivity contribution in [3.05, 3.63) is 0 Å². The Morgan fingerprint density at radius 2 is 2.08 bits per heavy atom. The molecule has 0 radical (unpaired) electrons. The highest BCUT2D eigenvalue weighted by molar-refractivity contribution is 5.82. The third-order valence-electron chi connectivity index (χ3n) is 1.56. The van der Waals surface area contributed by atoms with Crippen molar-refractivity contribution in [2.45, 2.75) is 13.3 Å². The van der Waals surface area contributed by atoms with Gasteiger partial charge in [-0.25, -0.2) is 0 Å². The Morgan fingerprint density at radius 1 is 1.46 bits per heavy atom. The zero-order valence-corrected chi connectivity index (χ0v) is 7.62. The average molecular weight is 189 g/mol. The molecule has 0 rings (SSSR count). The van der Waals surface area contributed by atoms with Crippen molar-refractivity contribution in [3.63, 3.8) is 0 Å². The molecule has 0 aliphatic carbocycles. The van der Waals surface area contributed by atoms with Gasteiger partial charge in [-0.05, 0) is 6.92 Å². The molecule has 0 bridgehead atoms. The van der Waals surface area contributed by atoms with E-state index in [2.05, 4.69) is 5.32 Å². The molecule has 0 spiro atoms. The molecule has 76 valence electrons. The number of carboxylic acids is 1. The minimum Gasteiger partial charge on any atom is -0.481 e. The number of rotatable bonds is 7. The monoisotopic (exact) mass is 189 g/mol. The van der Waals surface area contributed by atoms with Crippen molar-refractivity contribution < 1.29 is 19.8 Å². The number of aliphatic carboxylic acids is 1. The summed E-state index contributed by atoms with van der Waals surface area (Å²) in [4.78, 5) is 21.2. The Hall–Kier alpha value is -0.940. The number of hydrogen-bond donors (Lipinski definition) is 3. The second-order valence-electron chi connectivity index (χ2n) is 2.87. The van der Waals surface area contributed by atoms with Gasteiger partial charge in [0, 0.05) is 19.5 Å². The SMILES string of the molecule is CC(=O)CC(CNCCO)C(=O)O. The second-order valence-corrected chi connectivity index (χ2v) is 2.87. The van der Waals surface area contributed by atoms with E-state index in [0.717, 1.165) is 0 Å². The molecule has 0 aliphatic rings. The molecule has 0 fully saturated rings. The summed E-state index contributed by atoms with van der Waals surface area (Å²) in [7, 11) is 0. The maximum Gasteiger partial charge on any atom is 0.308 e. The van der Waals surface area contributed by atoms with Gasteiger partial charge in [0.2, 0.25) is 0 Å². The number of Topliss-reactive ketones (excluding diaryl/α,β-unsaturated/α-hetero) is 1. The van der Waals surface area contributed by atoms with Crippen molar-refractivity contribution in [3.8, 4) is 0 Å². The van der Waals surface area contributed by atoms with Gasteiger partial charge in [-0.15, -0.1) is 0 Å². The van der Waals surface area contributed by atoms with E-state index in [0.29, 0.717) is 6.54 Å². The topological polar surface area (TPSA) is 86.6 Å². The quantitative estimate of drug-likeness (QED) is 0.459. The van der Waals surface area contributed by atoms with Crippen molar-refractivity contribution in [2.24, 2.45) is 5.92 Å². The minimum absolute atomic E-state index is 0.0353. The molecule has 5 heteroatoms. The molecule has 0 heterocycles. The predicted octanol–water partition coefficient (Wildman–Crippen LogP) is -0.752. The zero-order chi connectivity index (χ0) is 10.3. The van der Waals surface area contributed by atoms with Gasteiger partial charge >= 0.3 is 5.97 Å². The van der Waals surface area contributed by atoms with Crippen molar-refractivity contribution in [1.82, 2.24) is 5.32 Å². The fraction of sp³-hybridized carbons (Fsp3) is 0.750. The van der Waals surface area contributed by atoms with Gasteiger partial charge in [0.15, 0.2) is 0 Å². The van der Waals surface area contributed by atoms with Gasteiger partial charge in [0.05, 0.1) is 12.5 Å². The summed E-state index contributed by atoms with van der Waals surface area (Å²) in [6.45, 7) is 1.89. The van der Waals surface area contributed by atoms with E-state index in [-0.39, 0.29) is 25.4 Å². The fourth-order valence-corrected chi connectivity index (χ4v) is 0.949. The van der Waals surface area contributed by atoms with Crippen molar-refractivity contribution in [1.29, 1.82) is 0 Å². The summed E-state index contributed by atoms with van der Waals surface area (Å²) < 4.78 is 0. The van der Waals surface area contributed by atoms with Gasteiger partial charge in [-0.2, -0.15) is 0 Å². The van der Waals surface area contributed by atoms with Crippen LogP contribution in [0.5, 0.6) is 0 Å². The van der Waals surface area contributed by atoms with E-state index < -0.39 is 11.9 Å². The Labute approximate surface area is 76.8 Å². The number of carbonyl (C=O) groups excluding carboxylic acids is 1. The molecule has 1 atom stereocenters. The number of ketones is 1. The standard InChI is InChI=1S/C8H15NO4/c1-6(11)4-7(8(12)13)5-9-2-3-10/h7,9-10H,2-5H2,1H3,(H,12,13). The molecule has 0 aromatic rings.